The van der Waals surface area contributed by atoms with Crippen LogP contribution < -0.4 is 5.56 Å². The number of nitrogens with zero attached hydrogens (tertiary/aromatic N) is 2. The average Bonchev–Trinajstić information content (AvgIpc) is 3.72. The van der Waals surface area contributed by atoms with Crippen molar-refractivity contribution in [2.24, 2.45) is 0 Å². The molecule has 2 aliphatic rings. The third kappa shape index (κ3) is 4.87. The molecule has 1 atom stereocenters. The van der Waals surface area contributed by atoms with Crippen molar-refractivity contribution in [1.82, 2.24) is 14.9 Å². The van der Waals surface area contributed by atoms with Crippen molar-refractivity contribution >= 4 is 5.91 Å². The first-order valence-electron chi connectivity index (χ1n) is 12.9. The van der Waals surface area contributed by atoms with Gasteiger partial charge >= 0.3 is 6.18 Å². The molecule has 2 aromatic carbocycles. The Morgan fingerprint density at radius 3 is 2.50 bits per heavy atom. The molecule has 1 amide bonds. The number of halogens is 3. The molecule has 2 N–H and O–H groups in total. The second kappa shape index (κ2) is 9.69. The summed E-state index contributed by atoms with van der Waals surface area (Å²) in [5.74, 6) is 0.260. The van der Waals surface area contributed by atoms with Crippen LogP contribution in [0, 0.1) is 0 Å². The highest BCUT2D eigenvalue weighted by Crippen LogP contribution is 2.52. The summed E-state index contributed by atoms with van der Waals surface area (Å²) in [6, 6.07) is 12.5. The number of amides is 1. The summed E-state index contributed by atoms with van der Waals surface area (Å²) in [6.07, 6.45) is -3.61. The van der Waals surface area contributed by atoms with Crippen LogP contribution in [0.25, 0.3) is 0 Å². The number of aliphatic hydroxyl groups is 1. The lowest BCUT2D eigenvalue weighted by Gasteiger charge is -2.24. The molecule has 3 aromatic rings. The number of H-pyrrole nitrogens is 1. The smallest absolute Gasteiger partial charge is 0.378 e. The number of rotatable bonds is 5. The van der Waals surface area contributed by atoms with Crippen molar-refractivity contribution in [2.75, 3.05) is 6.54 Å². The number of aromatic amines is 1. The van der Waals surface area contributed by atoms with Gasteiger partial charge in [-0.3, -0.25) is 9.59 Å². The summed E-state index contributed by atoms with van der Waals surface area (Å²) in [6.45, 7) is 4.46. The van der Waals surface area contributed by atoms with E-state index in [1.54, 1.807) is 0 Å². The Bertz CT molecular complexity index is 1430. The highest BCUT2D eigenvalue weighted by Gasteiger charge is 2.49. The maximum absolute atomic E-state index is 13.3. The van der Waals surface area contributed by atoms with Gasteiger partial charge in [0.25, 0.3) is 11.5 Å². The Labute approximate surface area is 218 Å². The van der Waals surface area contributed by atoms with E-state index in [1.807, 2.05) is 6.07 Å². The number of aromatic nitrogens is 2. The third-order valence-electron chi connectivity index (χ3n) is 7.68. The fourth-order valence-electron chi connectivity index (χ4n) is 5.22. The molecule has 1 unspecified atom stereocenters. The number of hydrogen-bond donors (Lipinski definition) is 2. The molecule has 38 heavy (non-hydrogen) atoms. The number of carbonyl (C=O) groups is 1. The SMILES string of the molecule is CC(C)c1cccc(C2(c3nc4c(c(=O)[nH]3)CN(C(=O)C(O)c3cccc(C(F)(F)F)c3)CCC4)CC2)c1. The number of alkyl halides is 3. The van der Waals surface area contributed by atoms with Crippen molar-refractivity contribution in [1.29, 1.82) is 0 Å². The van der Waals surface area contributed by atoms with Gasteiger partial charge in [-0.05, 0) is 60.4 Å². The molecule has 1 aliphatic carbocycles. The van der Waals surface area contributed by atoms with Gasteiger partial charge in [0, 0.05) is 6.54 Å². The molecule has 0 saturated heterocycles. The lowest BCUT2D eigenvalue weighted by atomic mass is 9.90. The van der Waals surface area contributed by atoms with E-state index in [4.69, 9.17) is 4.98 Å². The van der Waals surface area contributed by atoms with Crippen LogP contribution in [0.2, 0.25) is 0 Å². The van der Waals surface area contributed by atoms with E-state index < -0.39 is 23.8 Å². The molecule has 5 rings (SSSR count). The van der Waals surface area contributed by atoms with Crippen molar-refractivity contribution in [3.8, 4) is 0 Å². The number of carbonyl (C=O) groups excluding carboxylic acids is 1. The summed E-state index contributed by atoms with van der Waals surface area (Å²) in [5, 5.41) is 10.6. The zero-order valence-electron chi connectivity index (χ0n) is 21.3. The average molecular weight is 526 g/mol. The number of fused-ring (bicyclic) bond motifs is 1. The van der Waals surface area contributed by atoms with Crippen molar-refractivity contribution in [3.05, 3.63) is 98.2 Å². The van der Waals surface area contributed by atoms with E-state index in [0.717, 1.165) is 36.6 Å². The van der Waals surface area contributed by atoms with E-state index in [1.165, 1.54) is 16.5 Å². The minimum absolute atomic E-state index is 0.0668. The summed E-state index contributed by atoms with van der Waals surface area (Å²) >= 11 is 0. The number of hydrogen-bond acceptors (Lipinski definition) is 4. The second-order valence-corrected chi connectivity index (χ2v) is 10.6. The number of nitrogens with one attached hydrogen (secondary N) is 1. The van der Waals surface area contributed by atoms with Crippen LogP contribution in [-0.4, -0.2) is 32.4 Å². The van der Waals surface area contributed by atoms with E-state index in [9.17, 15) is 27.9 Å². The second-order valence-electron chi connectivity index (χ2n) is 10.6. The zero-order chi connectivity index (χ0) is 27.2. The Hall–Kier alpha value is -3.46. The summed E-state index contributed by atoms with van der Waals surface area (Å²) in [7, 11) is 0. The normalized spacial score (nSPS) is 17.6. The standard InChI is InChI=1S/C29H30F3N3O3/c1-17(2)18-6-3-8-20(14-18)28(11-12-28)27-33-23-10-5-13-35(16-22(23)25(37)34-27)26(38)24(36)19-7-4-9-21(15-19)29(30,31)32/h3-4,6-9,14-15,17,24,36H,5,10-13,16H2,1-2H3,(H,33,34,37). The predicted octanol–water partition coefficient (Wildman–Crippen LogP) is 5.00. The minimum Gasteiger partial charge on any atom is -0.378 e. The molecule has 0 radical (unpaired) electrons. The first-order chi connectivity index (χ1) is 18.0. The van der Waals surface area contributed by atoms with Gasteiger partial charge in [-0.2, -0.15) is 13.2 Å². The quantitative estimate of drug-likeness (QED) is 0.491. The molecule has 0 bridgehead atoms. The largest absolute Gasteiger partial charge is 0.416 e. The Morgan fingerprint density at radius 2 is 1.82 bits per heavy atom. The van der Waals surface area contributed by atoms with Crippen LogP contribution in [-0.2, 0) is 29.4 Å². The Balaban J connectivity index is 1.41. The van der Waals surface area contributed by atoms with E-state index in [2.05, 4.69) is 37.0 Å². The maximum Gasteiger partial charge on any atom is 0.416 e. The molecule has 1 saturated carbocycles. The lowest BCUT2D eigenvalue weighted by molar-refractivity contribution is -0.142. The highest BCUT2D eigenvalue weighted by atomic mass is 19.4. The molecule has 9 heteroatoms. The van der Waals surface area contributed by atoms with Gasteiger partial charge in [0.2, 0.25) is 0 Å². The highest BCUT2D eigenvalue weighted by molar-refractivity contribution is 5.82. The van der Waals surface area contributed by atoms with Gasteiger partial charge in [-0.1, -0.05) is 50.2 Å². The van der Waals surface area contributed by atoms with Crippen molar-refractivity contribution in [2.45, 2.75) is 69.7 Å². The van der Waals surface area contributed by atoms with Gasteiger partial charge < -0.3 is 15.0 Å². The topological polar surface area (TPSA) is 86.3 Å². The first-order valence-corrected chi connectivity index (χ1v) is 12.9. The first kappa shape index (κ1) is 26.2. The molecule has 2 heterocycles. The summed E-state index contributed by atoms with van der Waals surface area (Å²) in [4.78, 5) is 35.5. The molecule has 200 valence electrons. The van der Waals surface area contributed by atoms with Crippen LogP contribution >= 0.6 is 0 Å². The number of benzene rings is 2. The van der Waals surface area contributed by atoms with Gasteiger partial charge in [-0.15, -0.1) is 0 Å². The minimum atomic E-state index is -4.59. The summed E-state index contributed by atoms with van der Waals surface area (Å²) < 4.78 is 39.3. The van der Waals surface area contributed by atoms with Gasteiger partial charge in [0.1, 0.15) is 5.82 Å². The van der Waals surface area contributed by atoms with Crippen LogP contribution in [0.5, 0.6) is 0 Å². The predicted molar refractivity (Wildman–Crippen MR) is 136 cm³/mol. The molecule has 1 fully saturated rings. The van der Waals surface area contributed by atoms with E-state index in [-0.39, 0.29) is 29.6 Å². The lowest BCUT2D eigenvalue weighted by Crippen LogP contribution is -2.36. The molecular formula is C29H30F3N3O3. The van der Waals surface area contributed by atoms with E-state index >= 15 is 0 Å². The number of aryl methyl sites for hydroxylation is 1. The zero-order valence-corrected chi connectivity index (χ0v) is 21.3. The Kier molecular flexibility index (Phi) is 6.67. The van der Waals surface area contributed by atoms with Gasteiger partial charge in [0.05, 0.1) is 28.8 Å². The maximum atomic E-state index is 13.3. The summed E-state index contributed by atoms with van der Waals surface area (Å²) in [5.41, 5.74) is 1.58. The molecule has 1 aromatic heterocycles. The van der Waals surface area contributed by atoms with Crippen LogP contribution in [0.1, 0.15) is 84.5 Å². The fraction of sp³-hybridized carbons (Fsp3) is 0.414. The number of aliphatic hydroxyl groups excluding tert-OH is 1. The molecule has 0 spiro atoms. The van der Waals surface area contributed by atoms with Crippen LogP contribution in [0.4, 0.5) is 13.2 Å². The van der Waals surface area contributed by atoms with Gasteiger partial charge in [0.15, 0.2) is 6.10 Å². The third-order valence-corrected chi connectivity index (χ3v) is 7.68. The molecule has 1 aliphatic heterocycles. The van der Waals surface area contributed by atoms with Gasteiger partial charge in [-0.25, -0.2) is 4.98 Å². The van der Waals surface area contributed by atoms with Crippen LogP contribution in [0.15, 0.2) is 53.3 Å². The van der Waals surface area contributed by atoms with E-state index in [0.29, 0.717) is 35.8 Å². The van der Waals surface area contributed by atoms with Crippen molar-refractivity contribution < 1.29 is 23.1 Å². The molecule has 6 nitrogen and oxygen atoms in total. The van der Waals surface area contributed by atoms with Crippen molar-refractivity contribution in [3.63, 3.8) is 0 Å². The fourth-order valence-corrected chi connectivity index (χ4v) is 5.22. The monoisotopic (exact) mass is 525 g/mol. The molecular weight excluding hydrogens is 495 g/mol. The van der Waals surface area contributed by atoms with Crippen LogP contribution in [0.3, 0.4) is 0 Å². The Morgan fingerprint density at radius 1 is 1.11 bits per heavy atom.